The van der Waals surface area contributed by atoms with E-state index in [0.29, 0.717) is 0 Å². The Labute approximate surface area is 128 Å². The maximum atomic E-state index is 5.29. The molecule has 2 heterocycles. The van der Waals surface area contributed by atoms with Crippen molar-refractivity contribution >= 4 is 21.8 Å². The van der Waals surface area contributed by atoms with E-state index in [9.17, 15) is 0 Å². The van der Waals surface area contributed by atoms with Crippen LogP contribution in [0, 0.1) is 0 Å². The molecule has 0 aliphatic carbocycles. The third-order valence-corrected chi connectivity index (χ3v) is 4.00. The highest BCUT2D eigenvalue weighted by Crippen LogP contribution is 2.30. The molecule has 0 bridgehead atoms. The van der Waals surface area contributed by atoms with Gasteiger partial charge in [-0.1, -0.05) is 24.3 Å². The number of hydrogen-bond donors (Lipinski definition) is 0. The Kier molecular flexibility index (Phi) is 2.82. The molecule has 0 fully saturated rings. The van der Waals surface area contributed by atoms with E-state index in [1.165, 1.54) is 0 Å². The van der Waals surface area contributed by atoms with Crippen LogP contribution in [-0.2, 0) is 7.05 Å². The van der Waals surface area contributed by atoms with Crippen LogP contribution in [0.2, 0.25) is 0 Å². The average Bonchev–Trinajstić information content (AvgIpc) is 2.90. The van der Waals surface area contributed by atoms with E-state index < -0.39 is 0 Å². The van der Waals surface area contributed by atoms with E-state index in [-0.39, 0.29) is 0 Å². The molecule has 2 aromatic heterocycles. The van der Waals surface area contributed by atoms with Crippen LogP contribution < -0.4 is 4.74 Å². The molecule has 0 amide bonds. The zero-order valence-electron chi connectivity index (χ0n) is 12.4. The predicted octanol–water partition coefficient (Wildman–Crippen LogP) is 3.80. The molecule has 0 N–H and O–H groups in total. The quantitative estimate of drug-likeness (QED) is 0.563. The summed E-state index contributed by atoms with van der Waals surface area (Å²) in [6, 6.07) is 14.2. The summed E-state index contributed by atoms with van der Waals surface area (Å²) >= 11 is 0. The highest BCUT2D eigenvalue weighted by atomic mass is 16.5. The summed E-state index contributed by atoms with van der Waals surface area (Å²) in [7, 11) is 3.69. The second-order valence-corrected chi connectivity index (χ2v) is 5.26. The second kappa shape index (κ2) is 4.84. The van der Waals surface area contributed by atoms with Crippen LogP contribution in [0.15, 0.2) is 54.9 Å². The molecule has 0 aliphatic heterocycles. The number of aryl methyl sites for hydroxylation is 1. The summed E-state index contributed by atoms with van der Waals surface area (Å²) in [5, 5.41) is 2.27. The van der Waals surface area contributed by atoms with Crippen molar-refractivity contribution in [2.24, 2.45) is 7.05 Å². The largest absolute Gasteiger partial charge is 0.497 e. The van der Waals surface area contributed by atoms with Gasteiger partial charge in [0.05, 0.1) is 18.1 Å². The summed E-state index contributed by atoms with van der Waals surface area (Å²) in [6.07, 6.45) is 3.76. The number of nitrogens with zero attached hydrogens (tertiary/aromatic N) is 3. The van der Waals surface area contributed by atoms with E-state index >= 15 is 0 Å². The van der Waals surface area contributed by atoms with Gasteiger partial charge in [0.25, 0.3) is 0 Å². The van der Waals surface area contributed by atoms with Crippen molar-refractivity contribution in [2.75, 3.05) is 7.11 Å². The molecule has 4 heteroatoms. The minimum Gasteiger partial charge on any atom is -0.497 e. The molecule has 2 aromatic carbocycles. The van der Waals surface area contributed by atoms with Crippen LogP contribution in [-0.4, -0.2) is 21.6 Å². The molecule has 22 heavy (non-hydrogen) atoms. The van der Waals surface area contributed by atoms with Crippen molar-refractivity contribution in [2.45, 2.75) is 0 Å². The first-order chi connectivity index (χ1) is 10.8. The number of fused-ring (bicyclic) bond motifs is 2. The van der Waals surface area contributed by atoms with Crippen LogP contribution in [0.4, 0.5) is 0 Å². The fourth-order valence-corrected chi connectivity index (χ4v) is 2.84. The summed E-state index contributed by atoms with van der Waals surface area (Å²) in [5.74, 6) is 1.72. The zero-order chi connectivity index (χ0) is 15.1. The van der Waals surface area contributed by atoms with E-state index in [0.717, 1.165) is 38.9 Å². The molecule has 4 nitrogen and oxygen atoms in total. The van der Waals surface area contributed by atoms with Crippen molar-refractivity contribution in [1.29, 1.82) is 0 Å². The highest BCUT2D eigenvalue weighted by Gasteiger charge is 2.13. The van der Waals surface area contributed by atoms with Gasteiger partial charge in [0.1, 0.15) is 11.6 Å². The first kappa shape index (κ1) is 12.8. The molecule has 0 radical (unpaired) electrons. The molecule has 0 atom stereocenters. The van der Waals surface area contributed by atoms with E-state index in [1.807, 2.05) is 49.8 Å². The number of rotatable bonds is 2. The van der Waals surface area contributed by atoms with Gasteiger partial charge in [-0.2, -0.15) is 0 Å². The van der Waals surface area contributed by atoms with Gasteiger partial charge in [0, 0.05) is 36.5 Å². The second-order valence-electron chi connectivity index (χ2n) is 5.26. The maximum absolute atomic E-state index is 5.29. The summed E-state index contributed by atoms with van der Waals surface area (Å²) in [5.41, 5.74) is 3.03. The highest BCUT2D eigenvalue weighted by molar-refractivity contribution is 5.96. The third kappa shape index (κ3) is 1.84. The average molecular weight is 289 g/mol. The van der Waals surface area contributed by atoms with Crippen LogP contribution in [0.5, 0.6) is 5.75 Å². The van der Waals surface area contributed by atoms with E-state index in [4.69, 9.17) is 9.72 Å². The van der Waals surface area contributed by atoms with Crippen LogP contribution in [0.3, 0.4) is 0 Å². The number of aromatic nitrogens is 3. The van der Waals surface area contributed by atoms with Gasteiger partial charge in [-0.25, -0.2) is 4.98 Å². The van der Waals surface area contributed by atoms with Crippen molar-refractivity contribution < 1.29 is 4.74 Å². The lowest BCUT2D eigenvalue weighted by molar-refractivity contribution is 0.415. The van der Waals surface area contributed by atoms with Crippen LogP contribution in [0.1, 0.15) is 0 Å². The number of methoxy groups -OCH3 is 1. The normalized spacial score (nSPS) is 11.2. The van der Waals surface area contributed by atoms with Crippen molar-refractivity contribution in [3.63, 3.8) is 0 Å². The minimum absolute atomic E-state index is 0.813. The number of hydrogen-bond acceptors (Lipinski definition) is 3. The smallest absolute Gasteiger partial charge is 0.143 e. The van der Waals surface area contributed by atoms with Gasteiger partial charge in [0.2, 0.25) is 0 Å². The molecule has 0 saturated carbocycles. The zero-order valence-corrected chi connectivity index (χ0v) is 12.4. The molecular formula is C18H15N3O. The summed E-state index contributed by atoms with van der Waals surface area (Å²) < 4.78 is 7.38. The number of imidazole rings is 1. The third-order valence-electron chi connectivity index (χ3n) is 4.00. The number of pyridine rings is 1. The number of benzene rings is 2. The Morgan fingerprint density at radius 3 is 2.77 bits per heavy atom. The molecule has 108 valence electrons. The van der Waals surface area contributed by atoms with Gasteiger partial charge in [0.15, 0.2) is 0 Å². The Balaban J connectivity index is 2.02. The monoisotopic (exact) mass is 289 g/mol. The molecule has 0 unspecified atom stereocenters. The van der Waals surface area contributed by atoms with Gasteiger partial charge < -0.3 is 9.30 Å². The first-order valence-corrected chi connectivity index (χ1v) is 7.11. The Morgan fingerprint density at radius 2 is 1.91 bits per heavy atom. The van der Waals surface area contributed by atoms with E-state index in [2.05, 4.69) is 21.7 Å². The maximum Gasteiger partial charge on any atom is 0.143 e. The van der Waals surface area contributed by atoms with Crippen molar-refractivity contribution in [3.05, 3.63) is 54.9 Å². The Bertz CT molecular complexity index is 983. The van der Waals surface area contributed by atoms with E-state index in [1.54, 1.807) is 7.11 Å². The lowest BCUT2D eigenvalue weighted by atomic mass is 10.1. The Morgan fingerprint density at radius 1 is 1.05 bits per heavy atom. The molecule has 0 saturated heterocycles. The van der Waals surface area contributed by atoms with Gasteiger partial charge >= 0.3 is 0 Å². The standard InChI is InChI=1S/C18H15N3O/c1-21-17-8-7-13(22-2)9-16(17)20-18(21)15-11-19-10-12-5-3-4-6-14(12)15/h3-11H,1-2H3. The van der Waals surface area contributed by atoms with Crippen LogP contribution in [0.25, 0.3) is 33.2 Å². The molecule has 4 aromatic rings. The summed E-state index contributed by atoms with van der Waals surface area (Å²) in [6.45, 7) is 0. The number of ether oxygens (including phenoxy) is 1. The fraction of sp³-hybridized carbons (Fsp3) is 0.111. The van der Waals surface area contributed by atoms with Gasteiger partial charge in [-0.3, -0.25) is 4.98 Å². The van der Waals surface area contributed by atoms with Gasteiger partial charge in [-0.05, 0) is 17.5 Å². The topological polar surface area (TPSA) is 39.9 Å². The lowest BCUT2D eigenvalue weighted by Gasteiger charge is -2.06. The van der Waals surface area contributed by atoms with Gasteiger partial charge in [-0.15, -0.1) is 0 Å². The fourth-order valence-electron chi connectivity index (χ4n) is 2.84. The SMILES string of the molecule is COc1ccc2c(c1)nc(-c1cncc3ccccc13)n2C. The first-order valence-electron chi connectivity index (χ1n) is 7.11. The predicted molar refractivity (Wildman–Crippen MR) is 88.0 cm³/mol. The molecule has 0 spiro atoms. The molecular weight excluding hydrogens is 274 g/mol. The lowest BCUT2D eigenvalue weighted by Crippen LogP contribution is -1.94. The van der Waals surface area contributed by atoms with Crippen molar-refractivity contribution in [3.8, 4) is 17.1 Å². The molecule has 4 rings (SSSR count). The Hall–Kier alpha value is -2.88. The van der Waals surface area contributed by atoms with Crippen LogP contribution >= 0.6 is 0 Å². The van der Waals surface area contributed by atoms with Crippen molar-refractivity contribution in [1.82, 2.24) is 14.5 Å². The molecule has 0 aliphatic rings. The minimum atomic E-state index is 0.813. The summed E-state index contributed by atoms with van der Waals surface area (Å²) in [4.78, 5) is 9.14.